The van der Waals surface area contributed by atoms with Crippen LogP contribution < -0.4 is 0 Å². The van der Waals surface area contributed by atoms with E-state index >= 15 is 0 Å². The molecule has 1 heterocycles. The van der Waals surface area contributed by atoms with Gasteiger partial charge in [0.15, 0.2) is 0 Å². The number of methoxy groups -OCH3 is 1. The molecule has 1 saturated heterocycles. The van der Waals surface area contributed by atoms with E-state index in [1.165, 1.54) is 4.90 Å². The summed E-state index contributed by atoms with van der Waals surface area (Å²) in [5, 5.41) is 8.96. The van der Waals surface area contributed by atoms with Gasteiger partial charge in [0.25, 0.3) is 0 Å². The number of carboxylic acids is 1. The van der Waals surface area contributed by atoms with Gasteiger partial charge in [-0.15, -0.1) is 0 Å². The Hall–Kier alpha value is -1.10. The first-order valence-corrected chi connectivity index (χ1v) is 5.45. The minimum Gasteiger partial charge on any atom is -0.480 e. The van der Waals surface area contributed by atoms with Crippen LogP contribution in [-0.4, -0.2) is 47.2 Å². The third kappa shape index (κ3) is 2.95. The van der Waals surface area contributed by atoms with Crippen molar-refractivity contribution in [2.75, 3.05) is 13.7 Å². The van der Waals surface area contributed by atoms with Crippen molar-refractivity contribution in [3.8, 4) is 0 Å². The van der Waals surface area contributed by atoms with Crippen LogP contribution in [0.3, 0.4) is 0 Å². The highest BCUT2D eigenvalue weighted by atomic mass is 16.5. The SMILES string of the molecule is COC(C)(C)CCN1C(=O)CCC1C(=O)O. The zero-order valence-corrected chi connectivity index (χ0v) is 10.0. The monoisotopic (exact) mass is 229 g/mol. The molecule has 1 aliphatic heterocycles. The molecular weight excluding hydrogens is 210 g/mol. The molecule has 0 aromatic heterocycles. The van der Waals surface area contributed by atoms with E-state index in [0.717, 1.165) is 0 Å². The van der Waals surface area contributed by atoms with E-state index in [-0.39, 0.29) is 11.5 Å². The third-order valence-electron chi connectivity index (χ3n) is 3.12. The van der Waals surface area contributed by atoms with E-state index in [2.05, 4.69) is 0 Å². The molecule has 0 saturated carbocycles. The van der Waals surface area contributed by atoms with Crippen LogP contribution in [0.1, 0.15) is 33.1 Å². The van der Waals surface area contributed by atoms with Crippen LogP contribution in [-0.2, 0) is 14.3 Å². The first-order chi connectivity index (χ1) is 7.37. The number of carbonyl (C=O) groups is 2. The molecule has 5 nitrogen and oxygen atoms in total. The second-order valence-corrected chi connectivity index (χ2v) is 4.69. The van der Waals surface area contributed by atoms with E-state index in [1.807, 2.05) is 13.8 Å². The maximum absolute atomic E-state index is 11.5. The zero-order valence-electron chi connectivity index (χ0n) is 10.0. The number of nitrogens with zero attached hydrogens (tertiary/aromatic N) is 1. The fourth-order valence-electron chi connectivity index (χ4n) is 1.76. The van der Waals surface area contributed by atoms with Crippen LogP contribution in [0, 0.1) is 0 Å². The van der Waals surface area contributed by atoms with E-state index in [4.69, 9.17) is 9.84 Å². The highest BCUT2D eigenvalue weighted by molar-refractivity contribution is 5.87. The van der Waals surface area contributed by atoms with Crippen molar-refractivity contribution in [1.82, 2.24) is 4.90 Å². The van der Waals surface area contributed by atoms with E-state index < -0.39 is 12.0 Å². The van der Waals surface area contributed by atoms with Gasteiger partial charge in [0.1, 0.15) is 6.04 Å². The maximum atomic E-state index is 11.5. The van der Waals surface area contributed by atoms with Crippen LogP contribution in [0.2, 0.25) is 0 Å². The van der Waals surface area contributed by atoms with Gasteiger partial charge in [0.2, 0.25) is 5.91 Å². The Kier molecular flexibility index (Phi) is 3.91. The molecule has 1 rings (SSSR count). The summed E-state index contributed by atoms with van der Waals surface area (Å²) in [5.74, 6) is -0.986. The van der Waals surface area contributed by atoms with Gasteiger partial charge in [0.05, 0.1) is 5.60 Å². The summed E-state index contributed by atoms with van der Waals surface area (Å²) in [7, 11) is 1.61. The smallest absolute Gasteiger partial charge is 0.326 e. The van der Waals surface area contributed by atoms with Gasteiger partial charge in [0, 0.05) is 20.1 Å². The van der Waals surface area contributed by atoms with Crippen molar-refractivity contribution in [2.45, 2.75) is 44.8 Å². The van der Waals surface area contributed by atoms with Crippen molar-refractivity contribution >= 4 is 11.9 Å². The van der Waals surface area contributed by atoms with Crippen molar-refractivity contribution in [1.29, 1.82) is 0 Å². The van der Waals surface area contributed by atoms with Gasteiger partial charge in [-0.05, 0) is 26.7 Å². The third-order valence-corrected chi connectivity index (χ3v) is 3.12. The van der Waals surface area contributed by atoms with E-state index in [9.17, 15) is 9.59 Å². The number of carbonyl (C=O) groups excluding carboxylic acids is 1. The van der Waals surface area contributed by atoms with Crippen LogP contribution >= 0.6 is 0 Å². The standard InChI is InChI=1S/C11H19NO4/c1-11(2,16-3)6-7-12-8(10(14)15)4-5-9(12)13/h8H,4-7H2,1-3H3,(H,14,15). The highest BCUT2D eigenvalue weighted by Gasteiger charge is 2.36. The number of aliphatic carboxylic acids is 1. The molecule has 92 valence electrons. The fraction of sp³-hybridized carbons (Fsp3) is 0.818. The number of hydrogen-bond donors (Lipinski definition) is 1. The Bertz CT molecular complexity index is 288. The summed E-state index contributed by atoms with van der Waals surface area (Å²) >= 11 is 0. The molecule has 0 spiro atoms. The first kappa shape index (κ1) is 13.0. The minimum absolute atomic E-state index is 0.0701. The van der Waals surface area contributed by atoms with Crippen LogP contribution in [0.4, 0.5) is 0 Å². The van der Waals surface area contributed by atoms with E-state index in [0.29, 0.717) is 25.8 Å². The van der Waals surface area contributed by atoms with Crippen LogP contribution in [0.15, 0.2) is 0 Å². The highest BCUT2D eigenvalue weighted by Crippen LogP contribution is 2.22. The number of ether oxygens (including phenoxy) is 1. The van der Waals surface area contributed by atoms with Gasteiger partial charge in [-0.1, -0.05) is 0 Å². The molecule has 1 atom stereocenters. The Morgan fingerprint density at radius 3 is 2.75 bits per heavy atom. The van der Waals surface area contributed by atoms with Gasteiger partial charge in [-0.25, -0.2) is 4.79 Å². The molecular formula is C11H19NO4. The first-order valence-electron chi connectivity index (χ1n) is 5.45. The number of rotatable bonds is 5. The summed E-state index contributed by atoms with van der Waals surface area (Å²) in [6, 6.07) is -0.653. The molecule has 5 heteroatoms. The van der Waals surface area contributed by atoms with Crippen molar-refractivity contribution < 1.29 is 19.4 Å². The quantitative estimate of drug-likeness (QED) is 0.759. The lowest BCUT2D eigenvalue weighted by atomic mass is 10.0. The Morgan fingerprint density at radius 2 is 2.25 bits per heavy atom. The fourth-order valence-corrected chi connectivity index (χ4v) is 1.76. The lowest BCUT2D eigenvalue weighted by molar-refractivity contribution is -0.146. The summed E-state index contributed by atoms with van der Waals surface area (Å²) in [6.07, 6.45) is 1.39. The van der Waals surface area contributed by atoms with Crippen molar-refractivity contribution in [3.05, 3.63) is 0 Å². The molecule has 1 N–H and O–H groups in total. The lowest BCUT2D eigenvalue weighted by Gasteiger charge is -2.28. The Balaban J connectivity index is 2.57. The Morgan fingerprint density at radius 1 is 1.62 bits per heavy atom. The van der Waals surface area contributed by atoms with Gasteiger partial charge in [-0.3, -0.25) is 4.79 Å². The molecule has 1 fully saturated rings. The number of amides is 1. The summed E-state index contributed by atoms with van der Waals surface area (Å²) in [5.41, 5.74) is -0.327. The Labute approximate surface area is 95.4 Å². The lowest BCUT2D eigenvalue weighted by Crippen LogP contribution is -2.41. The molecule has 1 aliphatic rings. The predicted octanol–water partition coefficient (Wildman–Crippen LogP) is 0.877. The largest absolute Gasteiger partial charge is 0.480 e. The number of carboxylic acid groups (broad SMARTS) is 1. The van der Waals surface area contributed by atoms with Crippen LogP contribution in [0.25, 0.3) is 0 Å². The summed E-state index contributed by atoms with van der Waals surface area (Å²) in [6.45, 7) is 4.28. The molecule has 0 aromatic rings. The minimum atomic E-state index is -0.916. The van der Waals surface area contributed by atoms with Crippen molar-refractivity contribution in [3.63, 3.8) is 0 Å². The summed E-state index contributed by atoms with van der Waals surface area (Å²) in [4.78, 5) is 23.9. The predicted molar refractivity (Wildman–Crippen MR) is 58.1 cm³/mol. The molecule has 1 amide bonds. The molecule has 1 unspecified atom stereocenters. The second kappa shape index (κ2) is 4.82. The molecule has 16 heavy (non-hydrogen) atoms. The molecule has 0 bridgehead atoms. The topological polar surface area (TPSA) is 66.8 Å². The normalized spacial score (nSPS) is 21.6. The van der Waals surface area contributed by atoms with Gasteiger partial charge < -0.3 is 14.7 Å². The molecule has 0 radical (unpaired) electrons. The average molecular weight is 229 g/mol. The van der Waals surface area contributed by atoms with Crippen molar-refractivity contribution in [2.24, 2.45) is 0 Å². The number of likely N-dealkylation sites (tertiary alicyclic amines) is 1. The van der Waals surface area contributed by atoms with Crippen LogP contribution in [0.5, 0.6) is 0 Å². The molecule has 0 aliphatic carbocycles. The summed E-state index contributed by atoms with van der Waals surface area (Å²) < 4.78 is 5.24. The van der Waals surface area contributed by atoms with Gasteiger partial charge in [-0.2, -0.15) is 0 Å². The van der Waals surface area contributed by atoms with E-state index in [1.54, 1.807) is 7.11 Å². The second-order valence-electron chi connectivity index (χ2n) is 4.69. The zero-order chi connectivity index (χ0) is 12.3. The average Bonchev–Trinajstić information content (AvgIpc) is 2.57. The molecule has 0 aromatic carbocycles. The van der Waals surface area contributed by atoms with Gasteiger partial charge >= 0.3 is 5.97 Å². The number of hydrogen-bond acceptors (Lipinski definition) is 3. The maximum Gasteiger partial charge on any atom is 0.326 e.